The third-order valence-electron chi connectivity index (χ3n) is 3.01. The maximum Gasteiger partial charge on any atom is 0.330 e. The first-order chi connectivity index (χ1) is 8.62. The fourth-order valence-electron chi connectivity index (χ4n) is 1.05. The van der Waals surface area contributed by atoms with Crippen LogP contribution < -0.4 is 0 Å². The van der Waals surface area contributed by atoms with Crippen LogP contribution in [0.2, 0.25) is 0 Å². The van der Waals surface area contributed by atoms with E-state index < -0.39 is 17.2 Å². The summed E-state index contributed by atoms with van der Waals surface area (Å²) in [5, 5.41) is 0. The van der Waals surface area contributed by atoms with Crippen molar-refractivity contribution >= 4 is 11.9 Å². The average Bonchev–Trinajstić information content (AvgIpc) is 2.27. The van der Waals surface area contributed by atoms with Gasteiger partial charge in [-0.25, -0.2) is 4.79 Å². The molecular formula is C15H26O4. The van der Waals surface area contributed by atoms with Crippen LogP contribution in [0.5, 0.6) is 0 Å². The molecule has 0 aromatic heterocycles. The Bertz CT molecular complexity index is 340. The Labute approximate surface area is 116 Å². The van der Waals surface area contributed by atoms with Gasteiger partial charge in [0.05, 0.1) is 6.42 Å². The molecule has 0 unspecified atom stereocenters. The third kappa shape index (κ3) is 8.41. The van der Waals surface area contributed by atoms with Crippen molar-refractivity contribution in [2.24, 2.45) is 0 Å². The normalized spacial score (nSPS) is 12.5. The Balaban J connectivity index is 4.16. The van der Waals surface area contributed by atoms with E-state index in [2.05, 4.69) is 0 Å². The van der Waals surface area contributed by atoms with Crippen molar-refractivity contribution in [2.75, 3.05) is 0 Å². The van der Waals surface area contributed by atoms with Gasteiger partial charge in [0, 0.05) is 6.08 Å². The van der Waals surface area contributed by atoms with Crippen LogP contribution in [0.15, 0.2) is 12.2 Å². The van der Waals surface area contributed by atoms with E-state index in [4.69, 9.17) is 9.47 Å². The molecule has 0 saturated carbocycles. The highest BCUT2D eigenvalue weighted by atomic mass is 16.6. The Hall–Kier alpha value is -1.32. The van der Waals surface area contributed by atoms with Crippen molar-refractivity contribution in [3.05, 3.63) is 12.2 Å². The van der Waals surface area contributed by atoms with Gasteiger partial charge in [-0.1, -0.05) is 19.9 Å². The molecule has 0 heterocycles. The van der Waals surface area contributed by atoms with Crippen molar-refractivity contribution in [3.8, 4) is 0 Å². The number of hydrogen-bond acceptors (Lipinski definition) is 4. The van der Waals surface area contributed by atoms with Crippen molar-refractivity contribution in [1.29, 1.82) is 0 Å². The van der Waals surface area contributed by atoms with Gasteiger partial charge >= 0.3 is 11.9 Å². The highest BCUT2D eigenvalue weighted by Crippen LogP contribution is 2.15. The van der Waals surface area contributed by atoms with Gasteiger partial charge in [0.2, 0.25) is 0 Å². The molecule has 0 atom stereocenters. The van der Waals surface area contributed by atoms with Gasteiger partial charge < -0.3 is 9.47 Å². The zero-order valence-electron chi connectivity index (χ0n) is 12.9. The van der Waals surface area contributed by atoms with E-state index in [0.717, 1.165) is 12.8 Å². The SMILES string of the molecule is CCC(C)(C)OC(=O)/C=C/CC(=O)OC(C)(C)CC. The minimum Gasteiger partial charge on any atom is -0.459 e. The molecule has 110 valence electrons. The largest absolute Gasteiger partial charge is 0.459 e. The summed E-state index contributed by atoms with van der Waals surface area (Å²) >= 11 is 0. The van der Waals surface area contributed by atoms with Crippen molar-refractivity contribution < 1.29 is 19.1 Å². The average molecular weight is 270 g/mol. The van der Waals surface area contributed by atoms with Crippen LogP contribution in [0, 0.1) is 0 Å². The first kappa shape index (κ1) is 17.7. The summed E-state index contributed by atoms with van der Waals surface area (Å²) in [6.45, 7) is 11.3. The summed E-state index contributed by atoms with van der Waals surface area (Å²) in [4.78, 5) is 23.0. The molecule has 0 aliphatic heterocycles. The van der Waals surface area contributed by atoms with E-state index in [-0.39, 0.29) is 12.4 Å². The maximum absolute atomic E-state index is 11.5. The summed E-state index contributed by atoms with van der Waals surface area (Å²) in [5.74, 6) is -0.778. The first-order valence-electron chi connectivity index (χ1n) is 6.73. The molecule has 0 fully saturated rings. The molecule has 0 amide bonds. The summed E-state index contributed by atoms with van der Waals surface area (Å²) in [6.07, 6.45) is 4.30. The van der Waals surface area contributed by atoms with E-state index in [1.165, 1.54) is 12.2 Å². The molecule has 0 aliphatic rings. The highest BCUT2D eigenvalue weighted by molar-refractivity contribution is 5.83. The zero-order chi connectivity index (χ0) is 15.1. The Morgan fingerprint density at radius 1 is 0.947 bits per heavy atom. The minimum absolute atomic E-state index is 0.0745. The number of esters is 2. The molecule has 0 bridgehead atoms. The molecule has 0 radical (unpaired) electrons. The van der Waals surface area contributed by atoms with Crippen LogP contribution in [-0.4, -0.2) is 23.1 Å². The Morgan fingerprint density at radius 3 is 1.89 bits per heavy atom. The summed E-state index contributed by atoms with van der Waals surface area (Å²) in [7, 11) is 0. The lowest BCUT2D eigenvalue weighted by atomic mass is 10.1. The molecule has 4 heteroatoms. The molecule has 19 heavy (non-hydrogen) atoms. The Morgan fingerprint density at radius 2 is 1.42 bits per heavy atom. The smallest absolute Gasteiger partial charge is 0.330 e. The van der Waals surface area contributed by atoms with Gasteiger partial charge in [0.1, 0.15) is 11.2 Å². The Kier molecular flexibility index (Phi) is 6.81. The van der Waals surface area contributed by atoms with E-state index in [0.29, 0.717) is 0 Å². The molecule has 0 saturated heterocycles. The van der Waals surface area contributed by atoms with E-state index in [1.807, 2.05) is 41.5 Å². The monoisotopic (exact) mass is 270 g/mol. The van der Waals surface area contributed by atoms with Crippen molar-refractivity contribution in [2.45, 2.75) is 72.0 Å². The second-order valence-corrected chi connectivity index (χ2v) is 5.73. The fraction of sp³-hybridized carbons (Fsp3) is 0.733. The van der Waals surface area contributed by atoms with E-state index in [9.17, 15) is 9.59 Å². The van der Waals surface area contributed by atoms with Crippen LogP contribution in [0.3, 0.4) is 0 Å². The fourth-order valence-corrected chi connectivity index (χ4v) is 1.05. The second kappa shape index (κ2) is 7.31. The van der Waals surface area contributed by atoms with Gasteiger partial charge in [-0.05, 0) is 40.5 Å². The topological polar surface area (TPSA) is 52.6 Å². The molecule has 0 rings (SSSR count). The summed E-state index contributed by atoms with van der Waals surface area (Å²) in [6, 6.07) is 0. The lowest BCUT2D eigenvalue weighted by Gasteiger charge is -2.23. The predicted octanol–water partition coefficient (Wildman–Crippen LogP) is 3.40. The van der Waals surface area contributed by atoms with Gasteiger partial charge in [-0.3, -0.25) is 4.79 Å². The maximum atomic E-state index is 11.5. The molecule has 4 nitrogen and oxygen atoms in total. The second-order valence-electron chi connectivity index (χ2n) is 5.73. The van der Waals surface area contributed by atoms with Crippen LogP contribution >= 0.6 is 0 Å². The molecule has 0 spiro atoms. The standard InChI is InChI=1S/C15H26O4/c1-7-14(3,4)18-12(16)10-9-11-13(17)19-15(5,6)8-2/h9-10H,7-8,11H2,1-6H3/b10-9+. The number of carbonyl (C=O) groups excluding carboxylic acids is 2. The lowest BCUT2D eigenvalue weighted by Crippen LogP contribution is -2.27. The van der Waals surface area contributed by atoms with E-state index in [1.54, 1.807) is 0 Å². The molecule has 0 aromatic rings. The minimum atomic E-state index is -0.480. The molecule has 0 aliphatic carbocycles. The molecule has 0 N–H and O–H groups in total. The predicted molar refractivity (Wildman–Crippen MR) is 74.7 cm³/mol. The van der Waals surface area contributed by atoms with Crippen molar-refractivity contribution in [3.63, 3.8) is 0 Å². The highest BCUT2D eigenvalue weighted by Gasteiger charge is 2.20. The number of hydrogen-bond donors (Lipinski definition) is 0. The van der Waals surface area contributed by atoms with Crippen LogP contribution in [0.25, 0.3) is 0 Å². The van der Waals surface area contributed by atoms with Gasteiger partial charge in [0.25, 0.3) is 0 Å². The van der Waals surface area contributed by atoms with Crippen LogP contribution in [0.4, 0.5) is 0 Å². The zero-order valence-corrected chi connectivity index (χ0v) is 12.9. The number of ether oxygens (including phenoxy) is 2. The van der Waals surface area contributed by atoms with Gasteiger partial charge in [-0.15, -0.1) is 0 Å². The van der Waals surface area contributed by atoms with E-state index >= 15 is 0 Å². The van der Waals surface area contributed by atoms with Crippen LogP contribution in [-0.2, 0) is 19.1 Å². The summed E-state index contributed by atoms with van der Waals surface area (Å²) < 4.78 is 10.5. The van der Waals surface area contributed by atoms with Gasteiger partial charge in [-0.2, -0.15) is 0 Å². The molecule has 0 aromatic carbocycles. The molecular weight excluding hydrogens is 244 g/mol. The number of carbonyl (C=O) groups is 2. The van der Waals surface area contributed by atoms with Crippen LogP contribution in [0.1, 0.15) is 60.8 Å². The third-order valence-corrected chi connectivity index (χ3v) is 3.01. The lowest BCUT2D eigenvalue weighted by molar-refractivity contribution is -0.155. The van der Waals surface area contributed by atoms with Gasteiger partial charge in [0.15, 0.2) is 0 Å². The quantitative estimate of drug-likeness (QED) is 0.525. The summed E-state index contributed by atoms with van der Waals surface area (Å²) in [5.41, 5.74) is -0.943. The van der Waals surface area contributed by atoms with Crippen molar-refractivity contribution in [1.82, 2.24) is 0 Å². The first-order valence-corrected chi connectivity index (χ1v) is 6.73. The number of rotatable bonds is 7.